The third-order valence-electron chi connectivity index (χ3n) is 9.62. The molecule has 0 aliphatic carbocycles. The second-order valence-electron chi connectivity index (χ2n) is 14.1. The van der Waals surface area contributed by atoms with Gasteiger partial charge in [0.25, 0.3) is 5.91 Å². The average Bonchev–Trinajstić information content (AvgIpc) is 3.24. The third-order valence-corrected chi connectivity index (χ3v) is 9.62. The zero-order valence-electron chi connectivity index (χ0n) is 33.5. The molecular formula is C48H57N7O2. The van der Waals surface area contributed by atoms with E-state index >= 15 is 0 Å². The summed E-state index contributed by atoms with van der Waals surface area (Å²) in [5.74, 6) is 0.524. The molecule has 1 aliphatic heterocycles. The van der Waals surface area contributed by atoms with Crippen LogP contribution in [0, 0.1) is 6.92 Å². The number of hydrogen-bond donors (Lipinski definition) is 2. The van der Waals surface area contributed by atoms with Crippen LogP contribution < -0.4 is 10.6 Å². The van der Waals surface area contributed by atoms with Gasteiger partial charge in [0.15, 0.2) is 0 Å². The van der Waals surface area contributed by atoms with Gasteiger partial charge in [-0.1, -0.05) is 85.9 Å². The molecule has 4 aromatic rings. The number of unbranched alkanes of at least 4 members (excludes halogenated alkanes) is 1. The Hall–Kier alpha value is -5.93. The lowest BCUT2D eigenvalue weighted by Crippen LogP contribution is -2.48. The van der Waals surface area contributed by atoms with Gasteiger partial charge in [-0.15, -0.1) is 0 Å². The predicted octanol–water partition coefficient (Wildman–Crippen LogP) is 10.4. The highest BCUT2D eigenvalue weighted by atomic mass is 16.2. The molecule has 2 amide bonds. The maximum atomic E-state index is 13.2. The van der Waals surface area contributed by atoms with E-state index in [1.807, 2.05) is 72.5 Å². The van der Waals surface area contributed by atoms with Crippen LogP contribution in [-0.2, 0) is 11.3 Å². The summed E-state index contributed by atoms with van der Waals surface area (Å²) in [6.07, 6.45) is 34.6. The second-order valence-corrected chi connectivity index (χ2v) is 14.1. The number of hydrogen-bond acceptors (Lipinski definition) is 7. The predicted molar refractivity (Wildman–Crippen MR) is 234 cm³/mol. The minimum atomic E-state index is -0.181. The standard InChI is InChI=1S/C48H57N7O2/c1-3-4-5-6-7-8-9-10-11-12-13-14-15-16-17-18-19-22-46(56)55-34-32-54(33-35-55)38-40-24-26-41(27-25-40)47(57)51-43-28-23-39(2)45(36-43)53-48-50-31-29-44(52-48)42-21-20-30-49-37-42/h4-5,7-8,10-11,13-14,16-17,20-21,23-31,36-37H,3,6,9,12,15,18-19,22,32-35,38H2,1-2H3,(H,51,57)(H,50,52,53)/b5-4-,8-7-,11-10-,14-13-,17-16-. The highest BCUT2D eigenvalue weighted by Crippen LogP contribution is 2.25. The summed E-state index contributed by atoms with van der Waals surface area (Å²) in [6.45, 7) is 8.10. The number of piperazine rings is 1. The number of anilines is 3. The first-order valence-corrected chi connectivity index (χ1v) is 20.2. The summed E-state index contributed by atoms with van der Waals surface area (Å²) >= 11 is 0. The highest BCUT2D eigenvalue weighted by molar-refractivity contribution is 6.04. The van der Waals surface area contributed by atoms with Crippen molar-refractivity contribution in [3.8, 4) is 11.3 Å². The molecule has 1 aliphatic rings. The normalized spacial score (nSPS) is 13.8. The van der Waals surface area contributed by atoms with Gasteiger partial charge in [-0.2, -0.15) is 0 Å². The maximum Gasteiger partial charge on any atom is 0.255 e. The zero-order valence-corrected chi connectivity index (χ0v) is 33.5. The van der Waals surface area contributed by atoms with E-state index in [1.165, 1.54) is 0 Å². The van der Waals surface area contributed by atoms with Gasteiger partial charge in [0.1, 0.15) is 0 Å². The van der Waals surface area contributed by atoms with Crippen LogP contribution >= 0.6 is 0 Å². The number of carbonyl (C=O) groups excluding carboxylic acids is 2. The second kappa shape index (κ2) is 23.9. The van der Waals surface area contributed by atoms with Gasteiger partial charge < -0.3 is 15.5 Å². The van der Waals surface area contributed by atoms with Crippen LogP contribution in [-0.4, -0.2) is 62.7 Å². The highest BCUT2D eigenvalue weighted by Gasteiger charge is 2.21. The van der Waals surface area contributed by atoms with Gasteiger partial charge in [-0.3, -0.25) is 19.5 Å². The molecule has 2 aromatic carbocycles. The van der Waals surface area contributed by atoms with Crippen molar-refractivity contribution in [1.82, 2.24) is 24.8 Å². The maximum absolute atomic E-state index is 13.2. The molecule has 3 heterocycles. The van der Waals surface area contributed by atoms with Crippen molar-refractivity contribution in [2.75, 3.05) is 36.8 Å². The minimum Gasteiger partial charge on any atom is -0.340 e. The number of benzene rings is 2. The summed E-state index contributed by atoms with van der Waals surface area (Å²) in [5.41, 5.74) is 5.86. The van der Waals surface area contributed by atoms with Crippen LogP contribution in [0.4, 0.5) is 17.3 Å². The topological polar surface area (TPSA) is 103 Å². The minimum absolute atomic E-state index is 0.181. The quantitative estimate of drug-likeness (QED) is 0.0682. The van der Waals surface area contributed by atoms with E-state index in [2.05, 4.69) is 98.2 Å². The SMILES string of the molecule is CC/C=C\C/C=C\C/C=C\C/C=C\C/C=C\CCCC(=O)N1CCN(Cc2ccc(C(=O)Nc3ccc(C)c(Nc4nccc(-c5cccnc5)n4)c3)cc2)CC1. The molecule has 2 N–H and O–H groups in total. The van der Waals surface area contributed by atoms with Crippen molar-refractivity contribution in [3.63, 3.8) is 0 Å². The summed E-state index contributed by atoms with van der Waals surface area (Å²) in [5, 5.41) is 6.32. The Labute approximate surface area is 339 Å². The van der Waals surface area contributed by atoms with Crippen LogP contribution in [0.2, 0.25) is 0 Å². The van der Waals surface area contributed by atoms with Crippen LogP contribution in [0.5, 0.6) is 0 Å². The summed E-state index contributed by atoms with van der Waals surface area (Å²) < 4.78 is 0. The van der Waals surface area contributed by atoms with Crippen molar-refractivity contribution in [2.24, 2.45) is 0 Å². The fraction of sp³-hybridized carbons (Fsp3) is 0.312. The molecule has 0 atom stereocenters. The lowest BCUT2D eigenvalue weighted by molar-refractivity contribution is -0.133. The van der Waals surface area contributed by atoms with Gasteiger partial charge in [-0.05, 0) is 105 Å². The van der Waals surface area contributed by atoms with Crippen LogP contribution in [0.25, 0.3) is 11.3 Å². The molecule has 0 unspecified atom stereocenters. The number of amides is 2. The van der Waals surface area contributed by atoms with E-state index in [-0.39, 0.29) is 11.8 Å². The van der Waals surface area contributed by atoms with E-state index < -0.39 is 0 Å². The molecule has 5 rings (SSSR count). The van der Waals surface area contributed by atoms with Crippen LogP contribution in [0.1, 0.15) is 79.8 Å². The van der Waals surface area contributed by atoms with Crippen molar-refractivity contribution >= 4 is 29.1 Å². The first-order valence-electron chi connectivity index (χ1n) is 20.2. The first-order chi connectivity index (χ1) is 28.0. The van der Waals surface area contributed by atoms with E-state index in [0.29, 0.717) is 23.6 Å². The monoisotopic (exact) mass is 763 g/mol. The van der Waals surface area contributed by atoms with Crippen molar-refractivity contribution in [3.05, 3.63) is 157 Å². The molecule has 1 saturated heterocycles. The van der Waals surface area contributed by atoms with Gasteiger partial charge in [0.05, 0.1) is 5.69 Å². The zero-order chi connectivity index (χ0) is 39.9. The van der Waals surface area contributed by atoms with Gasteiger partial charge in [-0.25, -0.2) is 9.97 Å². The lowest BCUT2D eigenvalue weighted by Gasteiger charge is -2.34. The first kappa shape index (κ1) is 42.2. The summed E-state index contributed by atoms with van der Waals surface area (Å²) in [7, 11) is 0. The molecule has 9 nitrogen and oxygen atoms in total. The number of pyridine rings is 1. The molecule has 0 radical (unpaired) electrons. The molecule has 2 aromatic heterocycles. The van der Waals surface area contributed by atoms with E-state index in [4.69, 9.17) is 0 Å². The molecule has 57 heavy (non-hydrogen) atoms. The molecule has 0 spiro atoms. The van der Waals surface area contributed by atoms with E-state index in [0.717, 1.165) is 106 Å². The average molecular weight is 764 g/mol. The Morgan fingerprint density at radius 2 is 1.46 bits per heavy atom. The van der Waals surface area contributed by atoms with E-state index in [9.17, 15) is 9.59 Å². The fourth-order valence-corrected chi connectivity index (χ4v) is 6.33. The number of aromatic nitrogens is 3. The van der Waals surface area contributed by atoms with Crippen molar-refractivity contribution in [2.45, 2.75) is 71.8 Å². The van der Waals surface area contributed by atoms with Crippen molar-refractivity contribution in [1.29, 1.82) is 0 Å². The van der Waals surface area contributed by atoms with Gasteiger partial charge in [0, 0.05) is 80.2 Å². The number of nitrogens with zero attached hydrogens (tertiary/aromatic N) is 5. The molecule has 1 fully saturated rings. The number of allylic oxidation sites excluding steroid dienone is 10. The molecule has 0 bridgehead atoms. The number of nitrogens with one attached hydrogen (secondary N) is 2. The fourth-order valence-electron chi connectivity index (χ4n) is 6.33. The van der Waals surface area contributed by atoms with Crippen molar-refractivity contribution < 1.29 is 9.59 Å². The molecule has 296 valence electrons. The largest absolute Gasteiger partial charge is 0.340 e. The smallest absolute Gasteiger partial charge is 0.255 e. The summed E-state index contributed by atoms with van der Waals surface area (Å²) in [4.78, 5) is 43.6. The van der Waals surface area contributed by atoms with Gasteiger partial charge in [0.2, 0.25) is 11.9 Å². The van der Waals surface area contributed by atoms with Crippen LogP contribution in [0.3, 0.4) is 0 Å². The number of aryl methyl sites for hydroxylation is 1. The Kier molecular flexibility index (Phi) is 17.7. The summed E-state index contributed by atoms with van der Waals surface area (Å²) in [6, 6.07) is 19.1. The number of rotatable bonds is 20. The third kappa shape index (κ3) is 14.9. The van der Waals surface area contributed by atoms with E-state index in [1.54, 1.807) is 18.6 Å². The van der Waals surface area contributed by atoms with Gasteiger partial charge >= 0.3 is 0 Å². The Balaban J connectivity index is 0.963. The lowest BCUT2D eigenvalue weighted by atomic mass is 10.1. The Morgan fingerprint density at radius 1 is 0.772 bits per heavy atom. The Bertz CT molecular complexity index is 1990. The number of carbonyl (C=O) groups is 2. The molecular weight excluding hydrogens is 707 g/mol. The van der Waals surface area contributed by atoms with Crippen LogP contribution in [0.15, 0.2) is 140 Å². The Morgan fingerprint density at radius 3 is 2.12 bits per heavy atom. The molecule has 0 saturated carbocycles. The molecule has 9 heteroatoms.